The van der Waals surface area contributed by atoms with E-state index in [0.29, 0.717) is 11.3 Å². The lowest BCUT2D eigenvalue weighted by Crippen LogP contribution is -2.35. The molecule has 0 bridgehead atoms. The highest BCUT2D eigenvalue weighted by atomic mass is 28.3. The van der Waals surface area contributed by atoms with Gasteiger partial charge in [0.05, 0.1) is 8.80 Å². The van der Waals surface area contributed by atoms with Crippen LogP contribution in [0.2, 0.25) is 12.6 Å². The second kappa shape index (κ2) is 7.89. The van der Waals surface area contributed by atoms with Crippen LogP contribution in [-0.2, 0) is 0 Å². The first kappa shape index (κ1) is 20.9. The van der Waals surface area contributed by atoms with E-state index >= 15 is 0 Å². The molecule has 0 aromatic carbocycles. The highest BCUT2D eigenvalue weighted by Crippen LogP contribution is 2.53. The van der Waals surface area contributed by atoms with Gasteiger partial charge in [0.25, 0.3) is 0 Å². The molecule has 3 aliphatic rings. The summed E-state index contributed by atoms with van der Waals surface area (Å²) in [5.41, 5.74) is 8.87. The molecule has 0 saturated heterocycles. The number of rotatable bonds is 5. The van der Waals surface area contributed by atoms with E-state index in [0.717, 1.165) is 11.8 Å². The van der Waals surface area contributed by atoms with E-state index in [1.54, 1.807) is 22.3 Å². The lowest BCUT2D eigenvalue weighted by molar-refractivity contribution is 0.131. The Hall–Kier alpha value is -0.823. The Balaban J connectivity index is 1.90. The van der Waals surface area contributed by atoms with E-state index in [-0.39, 0.29) is 0 Å². The first-order valence-corrected chi connectivity index (χ1v) is 14.0. The van der Waals surface area contributed by atoms with Crippen molar-refractivity contribution < 1.29 is 0 Å². The van der Waals surface area contributed by atoms with Gasteiger partial charge < -0.3 is 0 Å². The quantitative estimate of drug-likeness (QED) is 0.425. The fraction of sp³-hybridized carbons (Fsp3) is 0.692. The van der Waals surface area contributed by atoms with Crippen molar-refractivity contribution in [3.05, 3.63) is 45.2 Å². The molecule has 3 rings (SSSR count). The minimum Gasteiger partial charge on any atom is -0.0802 e. The van der Waals surface area contributed by atoms with Crippen molar-refractivity contribution in [2.75, 3.05) is 0 Å². The van der Waals surface area contributed by atoms with Crippen LogP contribution in [0.3, 0.4) is 0 Å². The molecule has 0 N–H and O–H groups in total. The molecule has 1 heteroatoms. The van der Waals surface area contributed by atoms with Crippen LogP contribution in [-0.4, -0.2) is 8.80 Å². The van der Waals surface area contributed by atoms with Gasteiger partial charge in [0.1, 0.15) is 0 Å². The SMILES string of the molecule is CC1=C(C)C(C)C([SiH](C)CC2=C(C3(C(C)C)CCCC(C)C3)C=CC2)=C1C. The van der Waals surface area contributed by atoms with Gasteiger partial charge in [0, 0.05) is 0 Å². The average molecular weight is 383 g/mol. The van der Waals surface area contributed by atoms with Crippen LogP contribution < -0.4 is 0 Å². The molecule has 1 fully saturated rings. The molecular formula is C26H42Si. The van der Waals surface area contributed by atoms with Gasteiger partial charge in [-0.25, -0.2) is 0 Å². The summed E-state index contributed by atoms with van der Waals surface area (Å²) in [4.78, 5) is 0. The van der Waals surface area contributed by atoms with E-state index in [1.165, 1.54) is 38.1 Å². The summed E-state index contributed by atoms with van der Waals surface area (Å²) in [6.07, 6.45) is 11.9. The van der Waals surface area contributed by atoms with Gasteiger partial charge in [-0.1, -0.05) is 81.2 Å². The molecule has 0 radical (unpaired) electrons. The lowest BCUT2D eigenvalue weighted by atomic mass is 9.60. The fourth-order valence-corrected chi connectivity index (χ4v) is 10.0. The molecule has 27 heavy (non-hydrogen) atoms. The van der Waals surface area contributed by atoms with Gasteiger partial charge in [-0.2, -0.15) is 0 Å². The van der Waals surface area contributed by atoms with Crippen LogP contribution in [0.5, 0.6) is 0 Å². The van der Waals surface area contributed by atoms with Gasteiger partial charge >= 0.3 is 0 Å². The smallest absolute Gasteiger partial charge is 0.0677 e. The summed E-state index contributed by atoms with van der Waals surface area (Å²) in [6, 6.07) is 1.39. The van der Waals surface area contributed by atoms with E-state index < -0.39 is 8.80 Å². The maximum Gasteiger partial charge on any atom is 0.0677 e. The minimum absolute atomic E-state index is 0.447. The average Bonchev–Trinajstić information content (AvgIpc) is 3.14. The standard InChI is InChI=1S/C26H42Si/c1-17(2)26(14-10-11-18(3)15-26)24-13-9-12-23(24)16-27(8)25-21(6)19(4)20(5)22(25)7/h9,13,17-18,21,27H,10-12,14-16H2,1-8H3. The van der Waals surface area contributed by atoms with Gasteiger partial charge in [-0.05, 0) is 80.4 Å². The Morgan fingerprint density at radius 2 is 1.85 bits per heavy atom. The van der Waals surface area contributed by atoms with Crippen molar-refractivity contribution in [3.8, 4) is 0 Å². The Labute approximate surface area is 170 Å². The predicted molar refractivity (Wildman–Crippen MR) is 124 cm³/mol. The van der Waals surface area contributed by atoms with Gasteiger partial charge in [0.2, 0.25) is 0 Å². The summed E-state index contributed by atoms with van der Waals surface area (Å²) in [5, 5.41) is 1.85. The van der Waals surface area contributed by atoms with Crippen LogP contribution in [0.1, 0.15) is 80.6 Å². The predicted octanol–water partition coefficient (Wildman–Crippen LogP) is 7.79. The molecule has 0 heterocycles. The van der Waals surface area contributed by atoms with E-state index in [4.69, 9.17) is 0 Å². The molecular weight excluding hydrogens is 340 g/mol. The molecule has 4 unspecified atom stereocenters. The molecule has 0 aromatic rings. The molecule has 0 spiro atoms. The zero-order valence-electron chi connectivity index (χ0n) is 19.2. The summed E-state index contributed by atoms with van der Waals surface area (Å²) in [6.45, 7) is 19.6. The molecule has 0 amide bonds. The minimum atomic E-state index is -0.931. The molecule has 0 nitrogen and oxygen atoms in total. The van der Waals surface area contributed by atoms with Crippen molar-refractivity contribution in [1.82, 2.24) is 0 Å². The van der Waals surface area contributed by atoms with Crippen molar-refractivity contribution in [3.63, 3.8) is 0 Å². The Morgan fingerprint density at radius 1 is 1.15 bits per heavy atom. The summed E-state index contributed by atoms with van der Waals surface area (Å²) in [7, 11) is -0.931. The second-order valence-corrected chi connectivity index (χ2v) is 13.2. The zero-order chi connectivity index (χ0) is 19.9. The van der Waals surface area contributed by atoms with Crippen LogP contribution in [0.4, 0.5) is 0 Å². The first-order chi connectivity index (χ1) is 12.7. The lowest BCUT2D eigenvalue weighted by Gasteiger charge is -2.45. The first-order valence-electron chi connectivity index (χ1n) is 11.5. The third kappa shape index (κ3) is 3.61. The van der Waals surface area contributed by atoms with Gasteiger partial charge in [0.15, 0.2) is 0 Å². The summed E-state index contributed by atoms with van der Waals surface area (Å²) < 4.78 is 0. The maximum atomic E-state index is 2.62. The molecule has 0 aromatic heterocycles. The second-order valence-electron chi connectivity index (χ2n) is 10.4. The third-order valence-corrected chi connectivity index (χ3v) is 11.6. The van der Waals surface area contributed by atoms with Crippen molar-refractivity contribution in [2.45, 2.75) is 93.2 Å². The van der Waals surface area contributed by atoms with E-state index in [2.05, 4.69) is 67.2 Å². The van der Waals surface area contributed by atoms with E-state index in [9.17, 15) is 0 Å². The number of hydrogen-bond acceptors (Lipinski definition) is 0. The monoisotopic (exact) mass is 382 g/mol. The normalized spacial score (nSPS) is 33.1. The summed E-state index contributed by atoms with van der Waals surface area (Å²) >= 11 is 0. The Kier molecular flexibility index (Phi) is 6.11. The molecule has 0 aliphatic heterocycles. The highest BCUT2D eigenvalue weighted by Gasteiger charge is 2.42. The van der Waals surface area contributed by atoms with E-state index in [1.807, 2.05) is 10.8 Å². The van der Waals surface area contributed by atoms with Crippen LogP contribution in [0, 0.1) is 23.2 Å². The molecule has 1 saturated carbocycles. The fourth-order valence-electron chi connectivity index (χ4n) is 6.60. The zero-order valence-corrected chi connectivity index (χ0v) is 20.4. The summed E-state index contributed by atoms with van der Waals surface area (Å²) in [5.74, 6) is 2.33. The maximum absolute atomic E-state index is 2.62. The van der Waals surface area contributed by atoms with Crippen molar-refractivity contribution in [1.29, 1.82) is 0 Å². The molecule has 4 atom stereocenters. The topological polar surface area (TPSA) is 0 Å². The molecule has 3 aliphatic carbocycles. The van der Waals surface area contributed by atoms with Gasteiger partial charge in [-0.3, -0.25) is 0 Å². The Morgan fingerprint density at radius 3 is 2.41 bits per heavy atom. The van der Waals surface area contributed by atoms with Crippen LogP contribution in [0.25, 0.3) is 0 Å². The number of hydrogen-bond donors (Lipinski definition) is 0. The largest absolute Gasteiger partial charge is 0.0802 e. The highest BCUT2D eigenvalue weighted by molar-refractivity contribution is 6.66. The van der Waals surface area contributed by atoms with Gasteiger partial charge in [-0.15, -0.1) is 0 Å². The van der Waals surface area contributed by atoms with Crippen LogP contribution >= 0.6 is 0 Å². The van der Waals surface area contributed by atoms with Crippen molar-refractivity contribution >= 4 is 8.80 Å². The molecule has 150 valence electrons. The van der Waals surface area contributed by atoms with Crippen LogP contribution in [0.15, 0.2) is 45.2 Å². The Bertz CT molecular complexity index is 714. The number of allylic oxidation sites excluding steroid dienone is 8. The third-order valence-electron chi connectivity index (χ3n) is 8.49. The van der Waals surface area contributed by atoms with Crippen molar-refractivity contribution in [2.24, 2.45) is 23.2 Å².